The van der Waals surface area contributed by atoms with Crippen LogP contribution in [0.15, 0.2) is 0 Å². The molecule has 1 saturated heterocycles. The van der Waals surface area contributed by atoms with Crippen molar-refractivity contribution in [1.82, 2.24) is 4.90 Å². The zero-order valence-corrected chi connectivity index (χ0v) is 13.1. The fraction of sp³-hybridized carbons (Fsp3) is 0.875. The molecule has 0 bridgehead atoms. The van der Waals surface area contributed by atoms with Gasteiger partial charge in [-0.3, -0.25) is 4.79 Å². The smallest absolute Gasteiger partial charge is 0.326 e. The van der Waals surface area contributed by atoms with Crippen LogP contribution in [0.1, 0.15) is 59.8 Å². The maximum absolute atomic E-state index is 12.9. The van der Waals surface area contributed by atoms with Gasteiger partial charge >= 0.3 is 5.97 Å². The van der Waals surface area contributed by atoms with Crippen molar-refractivity contribution in [2.75, 3.05) is 6.54 Å². The molecular weight excluding hydrogens is 254 g/mol. The number of amides is 1. The SMILES string of the molecule is CC1(C)CCCC1C(=O)N1CCCC(C)(C)C1C(=O)O. The molecule has 4 heteroatoms. The Bertz CT molecular complexity index is 414. The largest absolute Gasteiger partial charge is 0.480 e. The van der Waals surface area contributed by atoms with E-state index in [1.165, 1.54) is 0 Å². The maximum Gasteiger partial charge on any atom is 0.326 e. The Balaban J connectivity index is 2.25. The number of carbonyl (C=O) groups is 2. The fourth-order valence-electron chi connectivity index (χ4n) is 4.08. The van der Waals surface area contributed by atoms with Gasteiger partial charge in [0.25, 0.3) is 0 Å². The van der Waals surface area contributed by atoms with Crippen molar-refractivity contribution in [3.8, 4) is 0 Å². The highest BCUT2D eigenvalue weighted by Gasteiger charge is 2.49. The molecule has 0 spiro atoms. The zero-order chi connectivity index (χ0) is 15.1. The van der Waals surface area contributed by atoms with Gasteiger partial charge in [-0.2, -0.15) is 0 Å². The van der Waals surface area contributed by atoms with Crippen LogP contribution in [0, 0.1) is 16.7 Å². The van der Waals surface area contributed by atoms with Gasteiger partial charge in [-0.1, -0.05) is 34.1 Å². The summed E-state index contributed by atoms with van der Waals surface area (Å²) in [6.07, 6.45) is 4.78. The number of carboxylic acids is 1. The Hall–Kier alpha value is -1.06. The Labute approximate surface area is 121 Å². The number of hydrogen-bond donors (Lipinski definition) is 1. The molecular formula is C16H27NO3. The Kier molecular flexibility index (Phi) is 3.87. The summed E-state index contributed by atoms with van der Waals surface area (Å²) in [7, 11) is 0. The lowest BCUT2D eigenvalue weighted by atomic mass is 9.74. The molecule has 1 amide bonds. The minimum atomic E-state index is -0.862. The molecule has 0 aromatic rings. The number of rotatable bonds is 2. The van der Waals surface area contributed by atoms with Crippen molar-refractivity contribution in [3.05, 3.63) is 0 Å². The first-order valence-corrected chi connectivity index (χ1v) is 7.70. The van der Waals surface area contributed by atoms with Gasteiger partial charge in [0.15, 0.2) is 0 Å². The molecule has 4 nitrogen and oxygen atoms in total. The average Bonchev–Trinajstić information content (AvgIpc) is 2.65. The molecule has 0 aromatic heterocycles. The summed E-state index contributed by atoms with van der Waals surface area (Å²) in [4.78, 5) is 26.2. The topological polar surface area (TPSA) is 57.6 Å². The van der Waals surface area contributed by atoms with Crippen molar-refractivity contribution in [3.63, 3.8) is 0 Å². The van der Waals surface area contributed by atoms with Crippen LogP contribution in [0.3, 0.4) is 0 Å². The first-order chi connectivity index (χ1) is 9.17. The monoisotopic (exact) mass is 281 g/mol. The van der Waals surface area contributed by atoms with Gasteiger partial charge in [0, 0.05) is 12.5 Å². The van der Waals surface area contributed by atoms with Crippen LogP contribution in [-0.4, -0.2) is 34.5 Å². The van der Waals surface area contributed by atoms with E-state index in [-0.39, 0.29) is 22.7 Å². The van der Waals surface area contributed by atoms with E-state index in [1.807, 2.05) is 13.8 Å². The van der Waals surface area contributed by atoms with Crippen molar-refractivity contribution < 1.29 is 14.7 Å². The molecule has 2 fully saturated rings. The molecule has 20 heavy (non-hydrogen) atoms. The second kappa shape index (κ2) is 5.05. The van der Waals surface area contributed by atoms with Gasteiger partial charge in [-0.25, -0.2) is 4.79 Å². The summed E-state index contributed by atoms with van der Waals surface area (Å²) in [5.74, 6) is -0.815. The third-order valence-electron chi connectivity index (χ3n) is 5.34. The number of hydrogen-bond acceptors (Lipinski definition) is 2. The summed E-state index contributed by atoms with van der Waals surface area (Å²) >= 11 is 0. The molecule has 1 aliphatic carbocycles. The van der Waals surface area contributed by atoms with Gasteiger partial charge in [-0.05, 0) is 36.5 Å². The predicted octanol–water partition coefficient (Wildman–Crippen LogP) is 2.91. The Morgan fingerprint density at radius 3 is 2.15 bits per heavy atom. The molecule has 2 aliphatic rings. The molecule has 1 saturated carbocycles. The van der Waals surface area contributed by atoms with E-state index in [0.717, 1.165) is 32.1 Å². The molecule has 114 valence electrons. The molecule has 1 N–H and O–H groups in total. The molecule has 2 unspecified atom stereocenters. The van der Waals surface area contributed by atoms with Gasteiger partial charge in [0.1, 0.15) is 6.04 Å². The summed E-state index contributed by atoms with van der Waals surface area (Å²) in [6, 6.07) is -0.680. The lowest BCUT2D eigenvalue weighted by Gasteiger charge is -2.46. The van der Waals surface area contributed by atoms with Gasteiger partial charge in [0.05, 0.1) is 0 Å². The van der Waals surface area contributed by atoms with Gasteiger partial charge < -0.3 is 10.0 Å². The number of likely N-dealkylation sites (tertiary alicyclic amines) is 1. The van der Waals surface area contributed by atoms with Crippen molar-refractivity contribution in [2.45, 2.75) is 65.8 Å². The van der Waals surface area contributed by atoms with Crippen LogP contribution in [0.25, 0.3) is 0 Å². The van der Waals surface area contributed by atoms with Crippen molar-refractivity contribution >= 4 is 11.9 Å². The summed E-state index contributed by atoms with van der Waals surface area (Å²) in [5.41, 5.74) is -0.343. The molecule has 0 aromatic carbocycles. The zero-order valence-electron chi connectivity index (χ0n) is 13.1. The second-order valence-corrected chi connectivity index (χ2v) is 7.80. The standard InChI is InChI=1S/C16H27NO3/c1-15(2)8-5-7-11(15)13(18)17-10-6-9-16(3,4)12(17)14(19)20/h11-12H,5-10H2,1-4H3,(H,19,20). The van der Waals surface area contributed by atoms with E-state index < -0.39 is 12.0 Å². The van der Waals surface area contributed by atoms with Crippen molar-refractivity contribution in [1.29, 1.82) is 0 Å². The van der Waals surface area contributed by atoms with Gasteiger partial charge in [0.2, 0.25) is 5.91 Å². The minimum absolute atomic E-state index is 0.00171. The number of carboxylic acid groups (broad SMARTS) is 1. The van der Waals surface area contributed by atoms with E-state index in [4.69, 9.17) is 0 Å². The van der Waals surface area contributed by atoms with Crippen LogP contribution < -0.4 is 0 Å². The average molecular weight is 281 g/mol. The van der Waals surface area contributed by atoms with E-state index >= 15 is 0 Å². The molecule has 1 heterocycles. The molecule has 0 radical (unpaired) electrons. The third-order valence-corrected chi connectivity index (χ3v) is 5.34. The van der Waals surface area contributed by atoms with E-state index in [0.29, 0.717) is 6.54 Å². The summed E-state index contributed by atoms with van der Waals surface area (Å²) in [6.45, 7) is 8.78. The van der Waals surface area contributed by atoms with Crippen LogP contribution in [0.4, 0.5) is 0 Å². The second-order valence-electron chi connectivity index (χ2n) is 7.80. The van der Waals surface area contributed by atoms with Crippen LogP contribution >= 0.6 is 0 Å². The first-order valence-electron chi connectivity index (χ1n) is 7.70. The van der Waals surface area contributed by atoms with Crippen LogP contribution in [0.5, 0.6) is 0 Å². The number of piperidine rings is 1. The minimum Gasteiger partial charge on any atom is -0.480 e. The normalized spacial score (nSPS) is 32.1. The highest BCUT2D eigenvalue weighted by atomic mass is 16.4. The first kappa shape index (κ1) is 15.3. The molecule has 1 aliphatic heterocycles. The lowest BCUT2D eigenvalue weighted by Crippen LogP contribution is -2.58. The number of aliphatic carboxylic acids is 1. The van der Waals surface area contributed by atoms with Crippen LogP contribution in [-0.2, 0) is 9.59 Å². The van der Waals surface area contributed by atoms with Crippen molar-refractivity contribution in [2.24, 2.45) is 16.7 Å². The fourth-order valence-corrected chi connectivity index (χ4v) is 4.08. The number of carbonyl (C=O) groups excluding carboxylic acids is 1. The summed E-state index contributed by atoms with van der Waals surface area (Å²) < 4.78 is 0. The summed E-state index contributed by atoms with van der Waals surface area (Å²) in [5, 5.41) is 9.57. The quantitative estimate of drug-likeness (QED) is 0.846. The Morgan fingerprint density at radius 2 is 1.65 bits per heavy atom. The van der Waals surface area contributed by atoms with E-state index in [1.54, 1.807) is 4.90 Å². The Morgan fingerprint density at radius 1 is 1.05 bits per heavy atom. The molecule has 2 atom stereocenters. The highest BCUT2D eigenvalue weighted by Crippen LogP contribution is 2.45. The highest BCUT2D eigenvalue weighted by molar-refractivity contribution is 5.86. The number of nitrogens with zero attached hydrogens (tertiary/aromatic N) is 1. The maximum atomic E-state index is 12.9. The van der Waals surface area contributed by atoms with Crippen LogP contribution in [0.2, 0.25) is 0 Å². The third kappa shape index (κ3) is 2.57. The van der Waals surface area contributed by atoms with Gasteiger partial charge in [-0.15, -0.1) is 0 Å². The van der Waals surface area contributed by atoms with E-state index in [2.05, 4.69) is 13.8 Å². The lowest BCUT2D eigenvalue weighted by molar-refractivity contribution is -0.162. The van der Waals surface area contributed by atoms with E-state index in [9.17, 15) is 14.7 Å². The molecule has 2 rings (SSSR count). The predicted molar refractivity (Wildman–Crippen MR) is 77.3 cm³/mol.